The minimum Gasteiger partial charge on any atom is -0.461 e. The van der Waals surface area contributed by atoms with Crippen LogP contribution < -0.4 is 5.32 Å². The first-order chi connectivity index (χ1) is 10.3. The van der Waals surface area contributed by atoms with Crippen LogP contribution >= 0.6 is 0 Å². The van der Waals surface area contributed by atoms with Crippen molar-refractivity contribution in [3.05, 3.63) is 35.3 Å². The topological polar surface area (TPSA) is 51.0 Å². The lowest BCUT2D eigenvalue weighted by Gasteiger charge is -2.13. The van der Waals surface area contributed by atoms with Crippen LogP contribution in [0, 0.1) is 0 Å². The van der Waals surface area contributed by atoms with Crippen molar-refractivity contribution in [2.75, 3.05) is 13.1 Å². The van der Waals surface area contributed by atoms with Crippen LogP contribution in [0.25, 0.3) is 11.6 Å². The number of aryl methyl sites for hydroxylation is 2. The van der Waals surface area contributed by atoms with E-state index in [0.29, 0.717) is 5.82 Å². The molecule has 2 rings (SSSR count). The molecule has 0 bridgehead atoms. The number of furan rings is 1. The second-order valence-electron chi connectivity index (χ2n) is 5.10. The maximum atomic E-state index is 5.43. The molecular formula is C17H25N3O. The molecule has 0 fully saturated rings. The third kappa shape index (κ3) is 3.91. The molecule has 0 atom stereocenters. The van der Waals surface area contributed by atoms with Crippen molar-refractivity contribution in [3.8, 4) is 11.6 Å². The molecule has 0 spiro atoms. The monoisotopic (exact) mass is 287 g/mol. The Morgan fingerprint density at radius 3 is 2.29 bits per heavy atom. The van der Waals surface area contributed by atoms with Crippen molar-refractivity contribution in [2.45, 2.75) is 46.5 Å². The fourth-order valence-electron chi connectivity index (χ4n) is 2.49. The minimum atomic E-state index is 0.707. The predicted molar refractivity (Wildman–Crippen MR) is 85.4 cm³/mol. The zero-order valence-electron chi connectivity index (χ0n) is 13.3. The number of nitrogens with one attached hydrogen (secondary N) is 1. The maximum absolute atomic E-state index is 5.43. The lowest BCUT2D eigenvalue weighted by molar-refractivity contribution is 0.575. The first-order valence-electron chi connectivity index (χ1n) is 7.93. The predicted octanol–water partition coefficient (Wildman–Crippen LogP) is 3.40. The molecule has 2 aromatic heterocycles. The minimum absolute atomic E-state index is 0.707. The standard InChI is InChI=1S/C17H25N3O/c1-4-10-18-11-9-13-14(5-2)19-17(20-15(13)6-3)16-8-7-12-21-16/h7-8,12,18H,4-6,9-11H2,1-3H3. The average Bonchev–Trinajstić information content (AvgIpc) is 3.05. The van der Waals surface area contributed by atoms with Gasteiger partial charge in [0.15, 0.2) is 11.6 Å². The van der Waals surface area contributed by atoms with Crippen LogP contribution in [0.3, 0.4) is 0 Å². The van der Waals surface area contributed by atoms with Gasteiger partial charge in [0.2, 0.25) is 0 Å². The molecule has 4 nitrogen and oxygen atoms in total. The molecule has 0 amide bonds. The maximum Gasteiger partial charge on any atom is 0.196 e. The summed E-state index contributed by atoms with van der Waals surface area (Å²) in [5.41, 5.74) is 3.59. The quantitative estimate of drug-likeness (QED) is 0.756. The van der Waals surface area contributed by atoms with Gasteiger partial charge >= 0.3 is 0 Å². The molecule has 0 unspecified atom stereocenters. The highest BCUT2D eigenvalue weighted by Gasteiger charge is 2.14. The molecule has 2 aromatic rings. The van der Waals surface area contributed by atoms with Crippen LogP contribution in [0.4, 0.5) is 0 Å². The van der Waals surface area contributed by atoms with Crippen LogP contribution in [0.2, 0.25) is 0 Å². The smallest absolute Gasteiger partial charge is 0.196 e. The Hall–Kier alpha value is -1.68. The van der Waals surface area contributed by atoms with E-state index >= 15 is 0 Å². The number of hydrogen-bond acceptors (Lipinski definition) is 4. The number of hydrogen-bond donors (Lipinski definition) is 1. The zero-order valence-corrected chi connectivity index (χ0v) is 13.3. The van der Waals surface area contributed by atoms with Gasteiger partial charge in [0.05, 0.1) is 6.26 Å². The highest BCUT2D eigenvalue weighted by molar-refractivity contribution is 5.48. The molecule has 0 aliphatic carbocycles. The first-order valence-corrected chi connectivity index (χ1v) is 7.93. The van der Waals surface area contributed by atoms with Gasteiger partial charge in [0, 0.05) is 11.4 Å². The zero-order chi connectivity index (χ0) is 15.1. The largest absolute Gasteiger partial charge is 0.461 e. The molecule has 0 aliphatic rings. The third-order valence-corrected chi connectivity index (χ3v) is 3.57. The third-order valence-electron chi connectivity index (χ3n) is 3.57. The molecule has 0 saturated carbocycles. The van der Waals surface area contributed by atoms with Crippen molar-refractivity contribution >= 4 is 0 Å². The lowest BCUT2D eigenvalue weighted by Crippen LogP contribution is -2.20. The summed E-state index contributed by atoms with van der Waals surface area (Å²) < 4.78 is 5.43. The van der Waals surface area contributed by atoms with Crippen LogP contribution in [0.1, 0.15) is 44.1 Å². The van der Waals surface area contributed by atoms with Gasteiger partial charge in [-0.05, 0) is 56.5 Å². The van der Waals surface area contributed by atoms with E-state index in [2.05, 4.69) is 26.1 Å². The van der Waals surface area contributed by atoms with Crippen molar-refractivity contribution < 1.29 is 4.42 Å². The number of rotatable bonds is 8. The van der Waals surface area contributed by atoms with Gasteiger partial charge < -0.3 is 9.73 Å². The van der Waals surface area contributed by atoms with E-state index in [1.807, 2.05) is 12.1 Å². The molecule has 0 radical (unpaired) electrons. The summed E-state index contributed by atoms with van der Waals surface area (Å²) in [5, 5.41) is 3.45. The molecule has 21 heavy (non-hydrogen) atoms. The van der Waals surface area contributed by atoms with Crippen molar-refractivity contribution in [1.82, 2.24) is 15.3 Å². The summed E-state index contributed by atoms with van der Waals surface area (Å²) in [4.78, 5) is 9.42. The van der Waals surface area contributed by atoms with E-state index in [1.54, 1.807) is 6.26 Å². The second kappa shape index (κ2) is 7.93. The Bertz CT molecular complexity index is 524. The van der Waals surface area contributed by atoms with Crippen molar-refractivity contribution in [2.24, 2.45) is 0 Å². The Kier molecular flexibility index (Phi) is 5.93. The number of nitrogens with zero attached hydrogens (tertiary/aromatic N) is 2. The van der Waals surface area contributed by atoms with Gasteiger partial charge in [-0.2, -0.15) is 0 Å². The SMILES string of the molecule is CCCNCCc1c(CC)nc(-c2ccco2)nc1CC. The van der Waals surface area contributed by atoms with Gasteiger partial charge in [-0.1, -0.05) is 20.8 Å². The molecule has 0 aliphatic heterocycles. The molecule has 0 aromatic carbocycles. The second-order valence-corrected chi connectivity index (χ2v) is 5.10. The molecule has 1 N–H and O–H groups in total. The van der Waals surface area contributed by atoms with E-state index in [9.17, 15) is 0 Å². The molecule has 114 valence electrons. The van der Waals surface area contributed by atoms with E-state index in [0.717, 1.165) is 55.9 Å². The summed E-state index contributed by atoms with van der Waals surface area (Å²) in [6.45, 7) is 8.53. The summed E-state index contributed by atoms with van der Waals surface area (Å²) in [6.07, 6.45) is 5.66. The van der Waals surface area contributed by atoms with E-state index < -0.39 is 0 Å². The van der Waals surface area contributed by atoms with Gasteiger partial charge in [-0.3, -0.25) is 0 Å². The summed E-state index contributed by atoms with van der Waals surface area (Å²) in [6, 6.07) is 3.79. The Labute approximate surface area is 127 Å². The molecule has 0 saturated heterocycles. The lowest BCUT2D eigenvalue weighted by atomic mass is 10.0. The summed E-state index contributed by atoms with van der Waals surface area (Å²) in [5.74, 6) is 1.45. The van der Waals surface area contributed by atoms with Gasteiger partial charge in [-0.15, -0.1) is 0 Å². The van der Waals surface area contributed by atoms with Crippen LogP contribution in [-0.4, -0.2) is 23.1 Å². The summed E-state index contributed by atoms with van der Waals surface area (Å²) in [7, 11) is 0. The van der Waals surface area contributed by atoms with Crippen molar-refractivity contribution in [1.29, 1.82) is 0 Å². The van der Waals surface area contributed by atoms with Gasteiger partial charge in [0.25, 0.3) is 0 Å². The highest BCUT2D eigenvalue weighted by Crippen LogP contribution is 2.21. The molecule has 4 heteroatoms. The Morgan fingerprint density at radius 1 is 1.05 bits per heavy atom. The van der Waals surface area contributed by atoms with Crippen molar-refractivity contribution in [3.63, 3.8) is 0 Å². The molecule has 2 heterocycles. The fourth-order valence-corrected chi connectivity index (χ4v) is 2.49. The Balaban J connectivity index is 2.26. The van der Waals surface area contributed by atoms with Crippen LogP contribution in [0.5, 0.6) is 0 Å². The summed E-state index contributed by atoms with van der Waals surface area (Å²) >= 11 is 0. The highest BCUT2D eigenvalue weighted by atomic mass is 16.3. The van der Waals surface area contributed by atoms with E-state index in [1.165, 1.54) is 5.56 Å². The van der Waals surface area contributed by atoms with E-state index in [4.69, 9.17) is 14.4 Å². The molecular weight excluding hydrogens is 262 g/mol. The van der Waals surface area contributed by atoms with Gasteiger partial charge in [-0.25, -0.2) is 9.97 Å². The first kappa shape index (κ1) is 15.7. The van der Waals surface area contributed by atoms with Gasteiger partial charge in [0.1, 0.15) is 0 Å². The Morgan fingerprint density at radius 2 is 1.76 bits per heavy atom. The number of aromatic nitrogens is 2. The van der Waals surface area contributed by atoms with E-state index in [-0.39, 0.29) is 0 Å². The van der Waals surface area contributed by atoms with Crippen LogP contribution in [-0.2, 0) is 19.3 Å². The fraction of sp³-hybridized carbons (Fsp3) is 0.529. The average molecular weight is 287 g/mol. The normalized spacial score (nSPS) is 11.0. The van der Waals surface area contributed by atoms with Crippen LogP contribution in [0.15, 0.2) is 22.8 Å².